The zero-order valence-electron chi connectivity index (χ0n) is 8.48. The van der Waals surface area contributed by atoms with E-state index in [-0.39, 0.29) is 12.3 Å². The van der Waals surface area contributed by atoms with Crippen LogP contribution >= 0.6 is 0 Å². The minimum atomic E-state index is -0.691. The quantitative estimate of drug-likeness (QED) is 0.717. The predicted octanol–water partition coefficient (Wildman–Crippen LogP) is 1.47. The van der Waals surface area contributed by atoms with E-state index in [1.165, 1.54) is 25.7 Å². The SMILES string of the molecule is NCC(CC(=O)O)C1CC2CCC1C2. The molecule has 3 nitrogen and oxygen atoms in total. The van der Waals surface area contributed by atoms with Crippen LogP contribution in [-0.2, 0) is 4.79 Å². The van der Waals surface area contributed by atoms with Crippen molar-refractivity contribution in [3.05, 3.63) is 0 Å². The van der Waals surface area contributed by atoms with Crippen LogP contribution in [0.4, 0.5) is 0 Å². The van der Waals surface area contributed by atoms with Crippen LogP contribution in [-0.4, -0.2) is 17.6 Å². The molecule has 2 aliphatic rings. The molecule has 2 fully saturated rings. The summed E-state index contributed by atoms with van der Waals surface area (Å²) in [5.74, 6) is 1.81. The largest absolute Gasteiger partial charge is 0.481 e. The second-order valence-electron chi connectivity index (χ2n) is 4.93. The molecule has 0 saturated heterocycles. The molecule has 0 spiro atoms. The third kappa shape index (κ3) is 1.78. The van der Waals surface area contributed by atoms with E-state index in [0.29, 0.717) is 12.5 Å². The number of carbonyl (C=O) groups is 1. The minimum absolute atomic E-state index is 0.225. The fraction of sp³-hybridized carbons (Fsp3) is 0.909. The van der Waals surface area contributed by atoms with Gasteiger partial charge in [-0.2, -0.15) is 0 Å². The summed E-state index contributed by atoms with van der Waals surface area (Å²) in [6.07, 6.45) is 5.52. The summed E-state index contributed by atoms with van der Waals surface area (Å²) in [7, 11) is 0. The fourth-order valence-corrected chi connectivity index (χ4v) is 3.51. The average molecular weight is 197 g/mol. The maximum atomic E-state index is 10.7. The number of hydrogen-bond donors (Lipinski definition) is 2. The lowest BCUT2D eigenvalue weighted by molar-refractivity contribution is -0.138. The molecule has 0 aliphatic heterocycles. The van der Waals surface area contributed by atoms with Gasteiger partial charge in [-0.05, 0) is 49.5 Å². The molecule has 3 N–H and O–H groups in total. The van der Waals surface area contributed by atoms with Crippen molar-refractivity contribution in [1.29, 1.82) is 0 Å². The fourth-order valence-electron chi connectivity index (χ4n) is 3.51. The van der Waals surface area contributed by atoms with Gasteiger partial charge in [0.05, 0.1) is 0 Å². The van der Waals surface area contributed by atoms with Crippen molar-refractivity contribution in [2.45, 2.75) is 32.1 Å². The number of carboxylic acids is 1. The van der Waals surface area contributed by atoms with E-state index in [4.69, 9.17) is 10.8 Å². The maximum absolute atomic E-state index is 10.7. The van der Waals surface area contributed by atoms with Crippen LogP contribution in [0.2, 0.25) is 0 Å². The second kappa shape index (κ2) is 3.89. The number of hydrogen-bond acceptors (Lipinski definition) is 2. The standard InChI is InChI=1S/C11H19NO2/c12-6-9(5-11(13)14)10-4-7-1-2-8(10)3-7/h7-10H,1-6,12H2,(H,13,14). The molecule has 0 heterocycles. The summed E-state index contributed by atoms with van der Waals surface area (Å²) in [5, 5.41) is 8.79. The van der Waals surface area contributed by atoms with E-state index in [1.807, 2.05) is 0 Å². The summed E-state index contributed by atoms with van der Waals surface area (Å²) >= 11 is 0. The van der Waals surface area contributed by atoms with Gasteiger partial charge in [-0.3, -0.25) is 4.79 Å². The molecule has 0 aromatic carbocycles. The Morgan fingerprint density at radius 1 is 1.43 bits per heavy atom. The zero-order chi connectivity index (χ0) is 10.1. The molecular formula is C11H19NO2. The van der Waals surface area contributed by atoms with Gasteiger partial charge < -0.3 is 10.8 Å². The molecule has 14 heavy (non-hydrogen) atoms. The van der Waals surface area contributed by atoms with E-state index in [1.54, 1.807) is 0 Å². The molecule has 2 aliphatic carbocycles. The zero-order valence-corrected chi connectivity index (χ0v) is 8.48. The van der Waals surface area contributed by atoms with Gasteiger partial charge in [0.2, 0.25) is 0 Å². The van der Waals surface area contributed by atoms with Crippen LogP contribution in [0.3, 0.4) is 0 Å². The van der Waals surface area contributed by atoms with Crippen molar-refractivity contribution >= 4 is 5.97 Å². The summed E-state index contributed by atoms with van der Waals surface area (Å²) in [6, 6.07) is 0. The van der Waals surface area contributed by atoms with Gasteiger partial charge in [0, 0.05) is 6.42 Å². The highest BCUT2D eigenvalue weighted by molar-refractivity contribution is 5.67. The van der Waals surface area contributed by atoms with Crippen molar-refractivity contribution in [3.8, 4) is 0 Å². The second-order valence-corrected chi connectivity index (χ2v) is 4.93. The van der Waals surface area contributed by atoms with Gasteiger partial charge in [-0.25, -0.2) is 0 Å². The normalized spacial score (nSPS) is 37.4. The maximum Gasteiger partial charge on any atom is 0.303 e. The Labute approximate surface area is 84.7 Å². The molecule has 3 heteroatoms. The topological polar surface area (TPSA) is 63.3 Å². The molecule has 0 aromatic rings. The summed E-state index contributed by atoms with van der Waals surface area (Å²) in [5.41, 5.74) is 5.67. The molecule has 0 radical (unpaired) electrons. The lowest BCUT2D eigenvalue weighted by Crippen LogP contribution is -2.29. The van der Waals surface area contributed by atoms with Crippen LogP contribution in [0.5, 0.6) is 0 Å². The van der Waals surface area contributed by atoms with E-state index in [9.17, 15) is 4.79 Å². The number of nitrogens with two attached hydrogens (primary N) is 1. The smallest absolute Gasteiger partial charge is 0.303 e. The number of fused-ring (bicyclic) bond motifs is 2. The predicted molar refractivity (Wildman–Crippen MR) is 53.7 cm³/mol. The molecule has 2 rings (SSSR count). The first-order chi connectivity index (χ1) is 6.70. The molecule has 0 amide bonds. The van der Waals surface area contributed by atoms with Gasteiger partial charge in [0.25, 0.3) is 0 Å². The average Bonchev–Trinajstić information content (AvgIpc) is 2.74. The number of rotatable bonds is 4. The summed E-state index contributed by atoms with van der Waals surface area (Å²) in [4.78, 5) is 10.7. The third-order valence-corrected chi connectivity index (χ3v) is 4.14. The molecule has 80 valence electrons. The minimum Gasteiger partial charge on any atom is -0.481 e. The van der Waals surface area contributed by atoms with Crippen molar-refractivity contribution in [3.63, 3.8) is 0 Å². The van der Waals surface area contributed by atoms with Gasteiger partial charge in [-0.15, -0.1) is 0 Å². The Balaban J connectivity index is 1.95. The number of aliphatic carboxylic acids is 1. The summed E-state index contributed by atoms with van der Waals surface area (Å²) in [6.45, 7) is 0.542. The molecule has 0 aromatic heterocycles. The van der Waals surface area contributed by atoms with Crippen molar-refractivity contribution in [2.24, 2.45) is 29.4 Å². The molecular weight excluding hydrogens is 178 g/mol. The van der Waals surface area contributed by atoms with Gasteiger partial charge in [-0.1, -0.05) is 6.42 Å². The van der Waals surface area contributed by atoms with Gasteiger partial charge in [0.1, 0.15) is 0 Å². The van der Waals surface area contributed by atoms with Crippen molar-refractivity contribution in [1.82, 2.24) is 0 Å². The monoisotopic (exact) mass is 197 g/mol. The van der Waals surface area contributed by atoms with Crippen LogP contribution < -0.4 is 5.73 Å². The molecule has 4 unspecified atom stereocenters. The van der Waals surface area contributed by atoms with Crippen LogP contribution in [0.25, 0.3) is 0 Å². The Hall–Kier alpha value is -0.570. The van der Waals surface area contributed by atoms with Crippen LogP contribution in [0, 0.1) is 23.7 Å². The Bertz CT molecular complexity index is 229. The van der Waals surface area contributed by atoms with Gasteiger partial charge >= 0.3 is 5.97 Å². The van der Waals surface area contributed by atoms with E-state index in [0.717, 1.165) is 11.8 Å². The van der Waals surface area contributed by atoms with Gasteiger partial charge in [0.15, 0.2) is 0 Å². The highest BCUT2D eigenvalue weighted by atomic mass is 16.4. The van der Waals surface area contributed by atoms with E-state index >= 15 is 0 Å². The van der Waals surface area contributed by atoms with E-state index < -0.39 is 5.97 Å². The lowest BCUT2D eigenvalue weighted by atomic mass is 9.78. The molecule has 4 atom stereocenters. The Kier molecular flexibility index (Phi) is 2.77. The first-order valence-corrected chi connectivity index (χ1v) is 5.62. The number of carboxylic acid groups (broad SMARTS) is 1. The Morgan fingerprint density at radius 2 is 2.21 bits per heavy atom. The molecule has 2 saturated carbocycles. The third-order valence-electron chi connectivity index (χ3n) is 4.14. The van der Waals surface area contributed by atoms with Crippen LogP contribution in [0.15, 0.2) is 0 Å². The highest BCUT2D eigenvalue weighted by Crippen LogP contribution is 2.51. The van der Waals surface area contributed by atoms with Crippen molar-refractivity contribution in [2.75, 3.05) is 6.54 Å². The van der Waals surface area contributed by atoms with Crippen molar-refractivity contribution < 1.29 is 9.90 Å². The summed E-state index contributed by atoms with van der Waals surface area (Å²) < 4.78 is 0. The molecule has 2 bridgehead atoms. The highest BCUT2D eigenvalue weighted by Gasteiger charge is 2.42. The first-order valence-electron chi connectivity index (χ1n) is 5.62. The Morgan fingerprint density at radius 3 is 2.64 bits per heavy atom. The van der Waals surface area contributed by atoms with Crippen LogP contribution in [0.1, 0.15) is 32.1 Å². The lowest BCUT2D eigenvalue weighted by Gasteiger charge is -2.28. The van der Waals surface area contributed by atoms with E-state index in [2.05, 4.69) is 0 Å². The first kappa shape index (κ1) is 9.97.